The Balaban J connectivity index is 1.73. The average molecular weight is 368 g/mol. The average Bonchev–Trinajstić information content (AvgIpc) is 2.67. The summed E-state index contributed by atoms with van der Waals surface area (Å²) < 4.78 is 4.84. The molecular formula is C20H20N2O5. The number of hydrogen-bond donors (Lipinski definition) is 2. The maximum atomic E-state index is 12.0. The molecule has 7 nitrogen and oxygen atoms in total. The fourth-order valence-electron chi connectivity index (χ4n) is 2.21. The lowest BCUT2D eigenvalue weighted by Crippen LogP contribution is -2.41. The van der Waals surface area contributed by atoms with Crippen molar-refractivity contribution < 1.29 is 23.9 Å². The van der Waals surface area contributed by atoms with E-state index in [0.717, 1.165) is 5.56 Å². The standard InChI is InChI=1S/C20H20N2O5/c1-14(21-19(25)16-10-6-3-7-11-16)20(26)27-13-18(24)22-17(23)12-15-8-4-2-5-9-15/h2-11,14H,12-13H2,1H3,(H,21,25)(H,22,23,24). The van der Waals surface area contributed by atoms with E-state index in [2.05, 4.69) is 10.6 Å². The normalized spacial score (nSPS) is 11.1. The Bertz CT molecular complexity index is 806. The van der Waals surface area contributed by atoms with Gasteiger partial charge < -0.3 is 10.1 Å². The largest absolute Gasteiger partial charge is 0.454 e. The van der Waals surface area contributed by atoms with Gasteiger partial charge in [0.1, 0.15) is 6.04 Å². The van der Waals surface area contributed by atoms with Crippen LogP contribution in [0, 0.1) is 0 Å². The van der Waals surface area contributed by atoms with Gasteiger partial charge in [-0.25, -0.2) is 4.79 Å². The van der Waals surface area contributed by atoms with Crippen molar-refractivity contribution in [2.75, 3.05) is 6.61 Å². The van der Waals surface area contributed by atoms with Crippen LogP contribution in [0.25, 0.3) is 0 Å². The summed E-state index contributed by atoms with van der Waals surface area (Å²) in [5.74, 6) is -2.42. The van der Waals surface area contributed by atoms with Crippen LogP contribution in [0.2, 0.25) is 0 Å². The first-order valence-corrected chi connectivity index (χ1v) is 8.35. The molecule has 0 aliphatic carbocycles. The first-order chi connectivity index (χ1) is 13.0. The van der Waals surface area contributed by atoms with Crippen LogP contribution in [0.1, 0.15) is 22.8 Å². The molecule has 0 radical (unpaired) electrons. The minimum absolute atomic E-state index is 0.0457. The molecule has 0 heterocycles. The second-order valence-electron chi connectivity index (χ2n) is 5.80. The number of hydrogen-bond acceptors (Lipinski definition) is 5. The van der Waals surface area contributed by atoms with Crippen LogP contribution in [0.4, 0.5) is 0 Å². The van der Waals surface area contributed by atoms with Crippen LogP contribution in [-0.4, -0.2) is 36.3 Å². The zero-order valence-electron chi connectivity index (χ0n) is 14.8. The molecule has 7 heteroatoms. The smallest absolute Gasteiger partial charge is 0.328 e. The summed E-state index contributed by atoms with van der Waals surface area (Å²) in [4.78, 5) is 47.4. The molecule has 2 aromatic carbocycles. The Hall–Kier alpha value is -3.48. The van der Waals surface area contributed by atoms with Gasteiger partial charge in [-0.1, -0.05) is 48.5 Å². The van der Waals surface area contributed by atoms with Crippen LogP contribution in [0.15, 0.2) is 60.7 Å². The molecule has 0 saturated carbocycles. The van der Waals surface area contributed by atoms with Crippen molar-refractivity contribution in [3.63, 3.8) is 0 Å². The van der Waals surface area contributed by atoms with Crippen LogP contribution in [0.5, 0.6) is 0 Å². The Morgan fingerprint density at radius 2 is 1.48 bits per heavy atom. The Kier molecular flexibility index (Phi) is 7.25. The zero-order valence-corrected chi connectivity index (χ0v) is 14.8. The lowest BCUT2D eigenvalue weighted by Gasteiger charge is -2.13. The summed E-state index contributed by atoms with van der Waals surface area (Å²) in [6.07, 6.45) is 0.0457. The molecule has 1 atom stereocenters. The minimum atomic E-state index is -0.939. The number of carbonyl (C=O) groups is 4. The summed E-state index contributed by atoms with van der Waals surface area (Å²) in [6.45, 7) is 0.840. The topological polar surface area (TPSA) is 102 Å². The fraction of sp³-hybridized carbons (Fsp3) is 0.200. The van der Waals surface area contributed by atoms with Crippen molar-refractivity contribution in [1.29, 1.82) is 0 Å². The minimum Gasteiger partial charge on any atom is -0.454 e. The number of esters is 1. The number of benzene rings is 2. The Morgan fingerprint density at radius 1 is 0.889 bits per heavy atom. The molecule has 2 N–H and O–H groups in total. The van der Waals surface area contributed by atoms with Gasteiger partial charge >= 0.3 is 5.97 Å². The molecule has 0 bridgehead atoms. The number of imide groups is 1. The maximum absolute atomic E-state index is 12.0. The third-order valence-corrected chi connectivity index (χ3v) is 3.57. The molecule has 2 aromatic rings. The highest BCUT2D eigenvalue weighted by molar-refractivity contribution is 5.98. The molecule has 27 heavy (non-hydrogen) atoms. The number of carbonyl (C=O) groups excluding carboxylic acids is 4. The van der Waals surface area contributed by atoms with Gasteiger partial charge in [0.15, 0.2) is 6.61 Å². The Morgan fingerprint density at radius 3 is 2.11 bits per heavy atom. The molecule has 0 aromatic heterocycles. The quantitative estimate of drug-likeness (QED) is 0.716. The highest BCUT2D eigenvalue weighted by Gasteiger charge is 2.19. The van der Waals surface area contributed by atoms with Crippen LogP contribution in [0.3, 0.4) is 0 Å². The fourth-order valence-corrected chi connectivity index (χ4v) is 2.21. The van der Waals surface area contributed by atoms with Crippen molar-refractivity contribution in [1.82, 2.24) is 10.6 Å². The van der Waals surface area contributed by atoms with Crippen molar-refractivity contribution in [2.45, 2.75) is 19.4 Å². The monoisotopic (exact) mass is 368 g/mol. The van der Waals surface area contributed by atoms with Gasteiger partial charge in [-0.05, 0) is 24.6 Å². The number of rotatable bonds is 7. The molecule has 140 valence electrons. The summed E-state index contributed by atoms with van der Waals surface area (Å²) in [5, 5.41) is 4.63. The molecular weight excluding hydrogens is 348 g/mol. The van der Waals surface area contributed by atoms with Gasteiger partial charge in [0.2, 0.25) is 5.91 Å². The second-order valence-corrected chi connectivity index (χ2v) is 5.80. The van der Waals surface area contributed by atoms with Gasteiger partial charge in [0.25, 0.3) is 11.8 Å². The van der Waals surface area contributed by atoms with E-state index in [4.69, 9.17) is 4.74 Å². The third-order valence-electron chi connectivity index (χ3n) is 3.57. The van der Waals surface area contributed by atoms with E-state index in [1.54, 1.807) is 54.6 Å². The van der Waals surface area contributed by atoms with Crippen molar-refractivity contribution >= 4 is 23.7 Å². The summed E-state index contributed by atoms with van der Waals surface area (Å²) in [7, 11) is 0. The van der Waals surface area contributed by atoms with Crippen LogP contribution in [-0.2, 0) is 25.5 Å². The maximum Gasteiger partial charge on any atom is 0.328 e. The van der Waals surface area contributed by atoms with Crippen molar-refractivity contribution in [3.05, 3.63) is 71.8 Å². The predicted molar refractivity (Wildman–Crippen MR) is 97.6 cm³/mol. The van der Waals surface area contributed by atoms with Crippen LogP contribution >= 0.6 is 0 Å². The molecule has 3 amide bonds. The van der Waals surface area contributed by atoms with Gasteiger partial charge in [-0.2, -0.15) is 0 Å². The summed E-state index contributed by atoms with van der Waals surface area (Å²) in [5.41, 5.74) is 1.17. The molecule has 1 unspecified atom stereocenters. The molecule has 0 aliphatic heterocycles. The SMILES string of the molecule is CC(NC(=O)c1ccccc1)C(=O)OCC(=O)NC(=O)Cc1ccccc1. The number of ether oxygens (including phenoxy) is 1. The van der Waals surface area contributed by atoms with E-state index in [9.17, 15) is 19.2 Å². The zero-order chi connectivity index (χ0) is 19.6. The van der Waals surface area contributed by atoms with Crippen molar-refractivity contribution in [2.24, 2.45) is 0 Å². The van der Waals surface area contributed by atoms with Gasteiger partial charge in [-0.3, -0.25) is 19.7 Å². The van der Waals surface area contributed by atoms with E-state index in [1.165, 1.54) is 6.92 Å². The van der Waals surface area contributed by atoms with Gasteiger partial charge in [-0.15, -0.1) is 0 Å². The second kappa shape index (κ2) is 9.86. The molecule has 0 aliphatic rings. The first kappa shape index (κ1) is 19.8. The predicted octanol–water partition coefficient (Wildman–Crippen LogP) is 1.23. The molecule has 0 saturated heterocycles. The van der Waals surface area contributed by atoms with E-state index in [0.29, 0.717) is 5.56 Å². The molecule has 0 fully saturated rings. The van der Waals surface area contributed by atoms with Crippen LogP contribution < -0.4 is 10.6 Å². The third kappa shape index (κ3) is 6.74. The number of amides is 3. The first-order valence-electron chi connectivity index (χ1n) is 8.35. The van der Waals surface area contributed by atoms with Gasteiger partial charge in [0.05, 0.1) is 6.42 Å². The van der Waals surface area contributed by atoms with Crippen molar-refractivity contribution in [3.8, 4) is 0 Å². The van der Waals surface area contributed by atoms with E-state index in [1.807, 2.05) is 6.07 Å². The Labute approximate surface area is 156 Å². The number of nitrogens with one attached hydrogen (secondary N) is 2. The highest BCUT2D eigenvalue weighted by atomic mass is 16.5. The van der Waals surface area contributed by atoms with E-state index < -0.39 is 36.3 Å². The van der Waals surface area contributed by atoms with Gasteiger partial charge in [0, 0.05) is 5.56 Å². The molecule has 2 rings (SSSR count). The summed E-state index contributed by atoms with van der Waals surface area (Å²) >= 11 is 0. The van der Waals surface area contributed by atoms with E-state index in [-0.39, 0.29) is 6.42 Å². The lowest BCUT2D eigenvalue weighted by atomic mass is 10.1. The van der Waals surface area contributed by atoms with E-state index >= 15 is 0 Å². The highest BCUT2D eigenvalue weighted by Crippen LogP contribution is 2.00. The molecule has 0 spiro atoms. The summed E-state index contributed by atoms with van der Waals surface area (Å²) in [6, 6.07) is 16.4. The lowest BCUT2D eigenvalue weighted by molar-refractivity contribution is -0.150.